The Hall–Kier alpha value is -2.51. The molecule has 1 amide bonds. The summed E-state index contributed by atoms with van der Waals surface area (Å²) in [7, 11) is 0. The second-order valence-corrected chi connectivity index (χ2v) is 7.04. The fourth-order valence-corrected chi connectivity index (χ4v) is 3.77. The van der Waals surface area contributed by atoms with Crippen molar-refractivity contribution in [2.75, 3.05) is 11.9 Å². The normalized spacial score (nSPS) is 20.6. The molecule has 2 aliphatic rings. The van der Waals surface area contributed by atoms with Crippen LogP contribution in [-0.4, -0.2) is 43.5 Å². The van der Waals surface area contributed by atoms with Crippen LogP contribution in [0.15, 0.2) is 10.9 Å². The summed E-state index contributed by atoms with van der Waals surface area (Å²) in [6, 6.07) is -0.276. The zero-order valence-electron chi connectivity index (χ0n) is 15.1. The minimum Gasteiger partial charge on any atom is -0.358 e. The van der Waals surface area contributed by atoms with Crippen molar-refractivity contribution in [3.8, 4) is 0 Å². The molecule has 1 N–H and O–H groups in total. The van der Waals surface area contributed by atoms with Gasteiger partial charge in [0.25, 0.3) is 0 Å². The van der Waals surface area contributed by atoms with Crippen LogP contribution >= 0.6 is 0 Å². The smallest absolute Gasteiger partial charge is 0.246 e. The first-order valence-corrected chi connectivity index (χ1v) is 9.38. The fraction of sp³-hybridized carbons (Fsp3) is 0.611. The number of aromatic nitrogens is 4. The Labute approximate surface area is 152 Å². The highest BCUT2D eigenvalue weighted by Crippen LogP contribution is 2.26. The number of carbonyl (C=O) groups is 1. The van der Waals surface area contributed by atoms with Gasteiger partial charge >= 0.3 is 0 Å². The van der Waals surface area contributed by atoms with E-state index < -0.39 is 0 Å². The molecule has 1 atom stereocenters. The lowest BCUT2D eigenvalue weighted by Crippen LogP contribution is -2.41. The van der Waals surface area contributed by atoms with Gasteiger partial charge in [0.1, 0.15) is 24.7 Å². The molecule has 0 bridgehead atoms. The zero-order valence-corrected chi connectivity index (χ0v) is 15.1. The maximum atomic E-state index is 13.1. The number of nitrogens with zero attached hydrogens (tertiary/aromatic N) is 5. The number of likely N-dealkylation sites (tertiary alicyclic amines) is 1. The van der Waals surface area contributed by atoms with Crippen LogP contribution in [0.2, 0.25) is 0 Å². The number of anilines is 1. The van der Waals surface area contributed by atoms with Gasteiger partial charge in [-0.15, -0.1) is 0 Å². The molecule has 2 aromatic heterocycles. The summed E-state index contributed by atoms with van der Waals surface area (Å²) in [6.45, 7) is 2.85. The van der Waals surface area contributed by atoms with Crippen molar-refractivity contribution in [3.05, 3.63) is 29.3 Å². The van der Waals surface area contributed by atoms with Gasteiger partial charge in [0.2, 0.25) is 11.8 Å². The zero-order chi connectivity index (χ0) is 17.9. The lowest BCUT2D eigenvalue weighted by molar-refractivity contribution is -0.132. The average Bonchev–Trinajstić information content (AvgIpc) is 2.99. The number of hydrogen-bond donors (Lipinski definition) is 1. The van der Waals surface area contributed by atoms with Crippen LogP contribution in [0.5, 0.6) is 0 Å². The van der Waals surface area contributed by atoms with Gasteiger partial charge < -0.3 is 14.7 Å². The first-order valence-electron chi connectivity index (χ1n) is 9.38. The molecule has 0 saturated carbocycles. The maximum absolute atomic E-state index is 13.1. The molecular formula is C18H24N6O2. The first-order chi connectivity index (χ1) is 12.7. The number of amides is 1. The van der Waals surface area contributed by atoms with E-state index in [0.29, 0.717) is 24.8 Å². The van der Waals surface area contributed by atoms with E-state index >= 15 is 0 Å². The molecule has 8 nitrogen and oxygen atoms in total. The third-order valence-corrected chi connectivity index (χ3v) is 5.11. The second-order valence-electron chi connectivity index (χ2n) is 7.04. The highest BCUT2D eigenvalue weighted by atomic mass is 16.5. The summed E-state index contributed by atoms with van der Waals surface area (Å²) in [4.78, 5) is 27.9. The van der Waals surface area contributed by atoms with Gasteiger partial charge in [-0.25, -0.2) is 9.97 Å². The molecular weight excluding hydrogens is 332 g/mol. The van der Waals surface area contributed by atoms with E-state index in [9.17, 15) is 4.79 Å². The summed E-state index contributed by atoms with van der Waals surface area (Å²) in [5, 5.41) is 7.22. The molecule has 8 heteroatoms. The second kappa shape index (κ2) is 7.39. The number of aryl methyl sites for hydroxylation is 2. The number of carbonyl (C=O) groups excluding carboxylic acids is 1. The third kappa shape index (κ3) is 3.54. The van der Waals surface area contributed by atoms with Crippen LogP contribution in [0.4, 0.5) is 5.82 Å². The Bertz CT molecular complexity index is 790. The summed E-state index contributed by atoms with van der Waals surface area (Å²) in [5.74, 6) is 1.96. The Morgan fingerprint density at radius 3 is 2.96 bits per heavy atom. The van der Waals surface area contributed by atoms with Gasteiger partial charge in [-0.2, -0.15) is 4.98 Å². The summed E-state index contributed by atoms with van der Waals surface area (Å²) >= 11 is 0. The predicted molar refractivity (Wildman–Crippen MR) is 94.4 cm³/mol. The van der Waals surface area contributed by atoms with Crippen molar-refractivity contribution >= 4 is 11.7 Å². The molecule has 26 heavy (non-hydrogen) atoms. The molecule has 1 saturated heterocycles. The van der Waals surface area contributed by atoms with Gasteiger partial charge in [0.15, 0.2) is 5.82 Å². The molecule has 1 aliphatic carbocycles. The van der Waals surface area contributed by atoms with E-state index in [-0.39, 0.29) is 11.9 Å². The summed E-state index contributed by atoms with van der Waals surface area (Å²) in [5.41, 5.74) is 2.29. The SMILES string of the molecule is Cc1noc(CN2CCCCC(Nc3ncnc4c3CCCC4)C2=O)n1. The van der Waals surface area contributed by atoms with Crippen LogP contribution in [0, 0.1) is 6.92 Å². The summed E-state index contributed by atoms with van der Waals surface area (Å²) in [6.07, 6.45) is 8.66. The number of hydrogen-bond acceptors (Lipinski definition) is 7. The minimum atomic E-state index is -0.276. The molecule has 1 fully saturated rings. The molecule has 3 heterocycles. The van der Waals surface area contributed by atoms with E-state index in [2.05, 4.69) is 25.4 Å². The largest absolute Gasteiger partial charge is 0.358 e. The number of rotatable bonds is 4. The Morgan fingerprint density at radius 2 is 2.12 bits per heavy atom. The predicted octanol–water partition coefficient (Wildman–Crippen LogP) is 2.04. The van der Waals surface area contributed by atoms with Crippen LogP contribution < -0.4 is 5.32 Å². The number of fused-ring (bicyclic) bond motifs is 1. The topological polar surface area (TPSA) is 97.0 Å². The van der Waals surface area contributed by atoms with E-state index in [4.69, 9.17) is 4.52 Å². The third-order valence-electron chi connectivity index (χ3n) is 5.11. The molecule has 138 valence electrons. The van der Waals surface area contributed by atoms with Crippen LogP contribution in [0.3, 0.4) is 0 Å². The van der Waals surface area contributed by atoms with Gasteiger partial charge in [0.05, 0.1) is 0 Å². The van der Waals surface area contributed by atoms with Crippen molar-refractivity contribution in [1.82, 2.24) is 25.0 Å². The Balaban J connectivity index is 1.51. The van der Waals surface area contributed by atoms with Crippen molar-refractivity contribution in [2.24, 2.45) is 0 Å². The average molecular weight is 356 g/mol. The molecule has 2 aromatic rings. The van der Waals surface area contributed by atoms with E-state index in [1.54, 1.807) is 13.3 Å². The van der Waals surface area contributed by atoms with Crippen molar-refractivity contribution in [3.63, 3.8) is 0 Å². The maximum Gasteiger partial charge on any atom is 0.246 e. The lowest BCUT2D eigenvalue weighted by atomic mass is 9.96. The van der Waals surface area contributed by atoms with Crippen molar-refractivity contribution in [1.29, 1.82) is 0 Å². The van der Waals surface area contributed by atoms with E-state index in [1.165, 1.54) is 12.0 Å². The molecule has 1 unspecified atom stereocenters. The molecule has 1 aliphatic heterocycles. The van der Waals surface area contributed by atoms with E-state index in [0.717, 1.165) is 50.0 Å². The molecule has 0 radical (unpaired) electrons. The Kier molecular flexibility index (Phi) is 4.81. The highest BCUT2D eigenvalue weighted by molar-refractivity contribution is 5.84. The van der Waals surface area contributed by atoms with Gasteiger partial charge in [-0.3, -0.25) is 4.79 Å². The summed E-state index contributed by atoms with van der Waals surface area (Å²) < 4.78 is 5.19. The lowest BCUT2D eigenvalue weighted by Gasteiger charge is -2.25. The quantitative estimate of drug-likeness (QED) is 0.895. The van der Waals surface area contributed by atoms with Crippen molar-refractivity contribution in [2.45, 2.75) is 64.5 Å². The Morgan fingerprint density at radius 1 is 1.23 bits per heavy atom. The number of nitrogens with one attached hydrogen (secondary N) is 1. The van der Waals surface area contributed by atoms with E-state index in [1.807, 2.05) is 4.90 Å². The molecule has 4 rings (SSSR count). The van der Waals surface area contributed by atoms with Crippen LogP contribution in [-0.2, 0) is 24.2 Å². The standard InChI is InChI=1S/C18H24N6O2/c1-12-21-16(26-23-12)10-24-9-5-4-8-15(18(24)25)22-17-13-6-2-3-7-14(13)19-11-20-17/h11,15H,2-10H2,1H3,(H,19,20,22). The van der Waals surface area contributed by atoms with Gasteiger partial charge in [-0.05, 0) is 51.9 Å². The highest BCUT2D eigenvalue weighted by Gasteiger charge is 2.29. The van der Waals surface area contributed by atoms with Crippen LogP contribution in [0.25, 0.3) is 0 Å². The van der Waals surface area contributed by atoms with Crippen molar-refractivity contribution < 1.29 is 9.32 Å². The monoisotopic (exact) mass is 356 g/mol. The minimum absolute atomic E-state index is 0.0709. The first kappa shape index (κ1) is 16.9. The molecule has 0 spiro atoms. The fourth-order valence-electron chi connectivity index (χ4n) is 3.77. The van der Waals surface area contributed by atoms with Gasteiger partial charge in [0, 0.05) is 17.8 Å². The van der Waals surface area contributed by atoms with Crippen LogP contribution in [0.1, 0.15) is 55.1 Å². The molecule has 0 aromatic carbocycles. The van der Waals surface area contributed by atoms with Gasteiger partial charge in [-0.1, -0.05) is 5.16 Å².